The van der Waals surface area contributed by atoms with Crippen LogP contribution in [0.4, 0.5) is 5.69 Å². The summed E-state index contributed by atoms with van der Waals surface area (Å²) >= 11 is 0. The summed E-state index contributed by atoms with van der Waals surface area (Å²) in [5.74, 6) is -0.320. The summed E-state index contributed by atoms with van der Waals surface area (Å²) in [6, 6.07) is 5.91. The fourth-order valence-electron chi connectivity index (χ4n) is 2.56. The van der Waals surface area contributed by atoms with Crippen LogP contribution in [0.1, 0.15) is 20.8 Å². The van der Waals surface area contributed by atoms with Crippen LogP contribution < -0.4 is 10.2 Å². The van der Waals surface area contributed by atoms with Gasteiger partial charge >= 0.3 is 0 Å². The lowest BCUT2D eigenvalue weighted by Gasteiger charge is -2.30. The molecule has 5 nitrogen and oxygen atoms in total. The van der Waals surface area contributed by atoms with Gasteiger partial charge in [0.05, 0.1) is 32.7 Å². The predicted octanol–water partition coefficient (Wildman–Crippen LogP) is 1.09. The molecular formula is C15H20N2O3S. The molecule has 0 fully saturated rings. The number of fused-ring (bicyclic) bond motifs is 1. The predicted molar refractivity (Wildman–Crippen MR) is 82.8 cm³/mol. The molecule has 6 heteroatoms. The van der Waals surface area contributed by atoms with Gasteiger partial charge in [0, 0.05) is 0 Å². The van der Waals surface area contributed by atoms with Crippen molar-refractivity contribution in [1.29, 1.82) is 0 Å². The first-order chi connectivity index (χ1) is 9.90. The number of ketones is 1. The maximum Gasteiger partial charge on any atom is 0.246 e. The number of benzene rings is 1. The third-order valence-corrected chi connectivity index (χ3v) is 5.66. The molecule has 114 valence electrons. The molecular weight excluding hydrogens is 288 g/mol. The van der Waals surface area contributed by atoms with Crippen molar-refractivity contribution in [1.82, 2.24) is 5.32 Å². The SMILES string of the molecule is CNC1C(=O)N(C(C)C(C)=O)c2ccccc2S(=O)C1C. The summed E-state index contributed by atoms with van der Waals surface area (Å²) in [5, 5.41) is 2.57. The first-order valence-corrected chi connectivity index (χ1v) is 8.11. The summed E-state index contributed by atoms with van der Waals surface area (Å²) in [6.07, 6.45) is 0. The number of likely N-dealkylation sites (N-methyl/N-ethyl adjacent to an activating group) is 1. The Morgan fingerprint density at radius 1 is 1.38 bits per heavy atom. The fraction of sp³-hybridized carbons (Fsp3) is 0.467. The summed E-state index contributed by atoms with van der Waals surface area (Å²) in [5.41, 5.74) is 0.563. The number of nitrogens with one attached hydrogen (secondary N) is 1. The number of carbonyl (C=O) groups excluding carboxylic acids is 2. The van der Waals surface area contributed by atoms with E-state index in [1.165, 1.54) is 11.8 Å². The Kier molecular flexibility index (Phi) is 4.58. The average molecular weight is 308 g/mol. The summed E-state index contributed by atoms with van der Waals surface area (Å²) in [7, 11) is 0.355. The molecule has 1 heterocycles. The number of carbonyl (C=O) groups is 2. The van der Waals surface area contributed by atoms with Crippen LogP contribution in [0.5, 0.6) is 0 Å². The Balaban J connectivity index is 2.66. The van der Waals surface area contributed by atoms with Crippen molar-refractivity contribution in [3.05, 3.63) is 24.3 Å². The molecule has 4 unspecified atom stereocenters. The lowest BCUT2D eigenvalue weighted by Crippen LogP contribution is -2.54. The van der Waals surface area contributed by atoms with Crippen LogP contribution in [0, 0.1) is 0 Å². The third-order valence-electron chi connectivity index (χ3n) is 3.94. The van der Waals surface area contributed by atoms with E-state index in [4.69, 9.17) is 0 Å². The van der Waals surface area contributed by atoms with Gasteiger partial charge < -0.3 is 5.32 Å². The molecule has 4 atom stereocenters. The minimum atomic E-state index is -1.31. The lowest BCUT2D eigenvalue weighted by molar-refractivity contribution is -0.124. The van der Waals surface area contributed by atoms with E-state index in [1.54, 1.807) is 45.2 Å². The van der Waals surface area contributed by atoms with Gasteiger partial charge in [0.1, 0.15) is 6.04 Å². The van der Waals surface area contributed by atoms with Crippen LogP contribution in [0.2, 0.25) is 0 Å². The molecule has 1 aromatic rings. The zero-order valence-electron chi connectivity index (χ0n) is 12.6. The number of para-hydroxylation sites is 1. The molecule has 2 rings (SSSR count). The molecule has 0 spiro atoms. The van der Waals surface area contributed by atoms with E-state index in [1.807, 2.05) is 0 Å². The van der Waals surface area contributed by atoms with Gasteiger partial charge in [0.25, 0.3) is 0 Å². The first-order valence-electron chi connectivity index (χ1n) is 6.90. The van der Waals surface area contributed by atoms with Crippen molar-refractivity contribution in [3.63, 3.8) is 0 Å². The summed E-state index contributed by atoms with van der Waals surface area (Å²) in [6.45, 7) is 4.94. The van der Waals surface area contributed by atoms with Crippen LogP contribution in [0.3, 0.4) is 0 Å². The Morgan fingerprint density at radius 2 is 2.00 bits per heavy atom. The highest BCUT2D eigenvalue weighted by Gasteiger charge is 2.40. The van der Waals surface area contributed by atoms with Crippen molar-refractivity contribution >= 4 is 28.2 Å². The monoisotopic (exact) mass is 308 g/mol. The van der Waals surface area contributed by atoms with Crippen molar-refractivity contribution in [3.8, 4) is 0 Å². The topological polar surface area (TPSA) is 66.5 Å². The number of Topliss-reactive ketones (excluding diaryl/α,β-unsaturated/α-hetero) is 1. The molecule has 21 heavy (non-hydrogen) atoms. The van der Waals surface area contributed by atoms with E-state index in [0.29, 0.717) is 10.6 Å². The van der Waals surface area contributed by atoms with Gasteiger partial charge in [-0.15, -0.1) is 0 Å². The van der Waals surface area contributed by atoms with Crippen molar-refractivity contribution in [2.24, 2.45) is 0 Å². The molecule has 1 aliphatic rings. The van der Waals surface area contributed by atoms with Crippen LogP contribution in [0.25, 0.3) is 0 Å². The maximum absolute atomic E-state index is 12.8. The van der Waals surface area contributed by atoms with Gasteiger partial charge in [-0.05, 0) is 40.0 Å². The van der Waals surface area contributed by atoms with E-state index >= 15 is 0 Å². The van der Waals surface area contributed by atoms with Gasteiger partial charge in [0.2, 0.25) is 5.91 Å². The zero-order chi connectivity index (χ0) is 15.7. The molecule has 0 bridgehead atoms. The Labute approximate surface area is 127 Å². The van der Waals surface area contributed by atoms with E-state index in [2.05, 4.69) is 5.32 Å². The number of hydrogen-bond donors (Lipinski definition) is 1. The number of rotatable bonds is 3. The van der Waals surface area contributed by atoms with Gasteiger partial charge in [-0.3, -0.25) is 18.7 Å². The molecule has 0 aliphatic carbocycles. The van der Waals surface area contributed by atoms with Gasteiger partial charge in [-0.2, -0.15) is 0 Å². The largest absolute Gasteiger partial charge is 0.308 e. The molecule has 1 aliphatic heterocycles. The number of anilines is 1. The molecule has 0 radical (unpaired) electrons. The zero-order valence-corrected chi connectivity index (χ0v) is 13.4. The second-order valence-corrected chi connectivity index (χ2v) is 7.01. The van der Waals surface area contributed by atoms with E-state index < -0.39 is 22.9 Å². The average Bonchev–Trinajstić information content (AvgIpc) is 2.54. The second kappa shape index (κ2) is 6.07. The standard InChI is InChI=1S/C15H20N2O3S/c1-9(10(2)18)17-12-7-5-6-8-13(12)21(20)11(3)14(16-4)15(17)19/h5-9,11,14,16H,1-4H3. The van der Waals surface area contributed by atoms with Crippen molar-refractivity contribution in [2.45, 2.75) is 43.0 Å². The number of hydrogen-bond acceptors (Lipinski definition) is 4. The Morgan fingerprint density at radius 3 is 2.57 bits per heavy atom. The third kappa shape index (κ3) is 2.65. The first kappa shape index (κ1) is 15.9. The van der Waals surface area contributed by atoms with Crippen molar-refractivity contribution < 1.29 is 13.8 Å². The van der Waals surface area contributed by atoms with Gasteiger partial charge in [-0.25, -0.2) is 0 Å². The molecule has 1 N–H and O–H groups in total. The van der Waals surface area contributed by atoms with Crippen LogP contribution in [-0.2, 0) is 20.4 Å². The van der Waals surface area contributed by atoms with Gasteiger partial charge in [-0.1, -0.05) is 12.1 Å². The minimum Gasteiger partial charge on any atom is -0.308 e. The molecule has 0 saturated carbocycles. The number of amides is 1. The van der Waals surface area contributed by atoms with Crippen LogP contribution in [0.15, 0.2) is 29.2 Å². The smallest absolute Gasteiger partial charge is 0.246 e. The van der Waals surface area contributed by atoms with Crippen molar-refractivity contribution in [2.75, 3.05) is 11.9 Å². The van der Waals surface area contributed by atoms with E-state index in [0.717, 1.165) is 0 Å². The fourth-order valence-corrected chi connectivity index (χ4v) is 4.04. The van der Waals surface area contributed by atoms with E-state index in [-0.39, 0.29) is 16.9 Å². The minimum absolute atomic E-state index is 0.103. The lowest BCUT2D eigenvalue weighted by atomic mass is 10.1. The molecule has 0 saturated heterocycles. The highest BCUT2D eigenvalue weighted by molar-refractivity contribution is 7.86. The second-order valence-electron chi connectivity index (χ2n) is 5.23. The molecule has 1 amide bonds. The molecule has 0 aromatic heterocycles. The normalized spacial score (nSPS) is 27.0. The Bertz CT molecular complexity index is 602. The summed E-state index contributed by atoms with van der Waals surface area (Å²) < 4.78 is 12.7. The Hall–Kier alpha value is -1.53. The van der Waals surface area contributed by atoms with Crippen LogP contribution >= 0.6 is 0 Å². The highest BCUT2D eigenvalue weighted by atomic mass is 32.2. The maximum atomic E-state index is 12.8. The van der Waals surface area contributed by atoms with Crippen LogP contribution in [-0.4, -0.2) is 40.3 Å². The van der Waals surface area contributed by atoms with E-state index in [9.17, 15) is 13.8 Å². The number of nitrogens with zero attached hydrogens (tertiary/aromatic N) is 1. The summed E-state index contributed by atoms with van der Waals surface area (Å²) in [4.78, 5) is 26.7. The molecule has 1 aromatic carbocycles. The highest BCUT2D eigenvalue weighted by Crippen LogP contribution is 2.32. The quantitative estimate of drug-likeness (QED) is 0.908. The van der Waals surface area contributed by atoms with Gasteiger partial charge in [0.15, 0.2) is 5.78 Å².